The largest absolute Gasteiger partial charge is 0.456 e. The third-order valence-corrected chi connectivity index (χ3v) is 9.76. The number of furan rings is 2. The summed E-state index contributed by atoms with van der Waals surface area (Å²) in [6, 6.07) is 44.7. The van der Waals surface area contributed by atoms with E-state index in [1.54, 1.807) is 11.3 Å². The molecule has 4 aromatic heterocycles. The van der Waals surface area contributed by atoms with Gasteiger partial charge in [-0.05, 0) is 71.4 Å². The molecule has 206 valence electrons. The second kappa shape index (κ2) is 8.93. The molecule has 0 aliphatic rings. The van der Waals surface area contributed by atoms with E-state index in [1.807, 2.05) is 30.5 Å². The van der Waals surface area contributed by atoms with Crippen molar-refractivity contribution in [2.45, 2.75) is 0 Å². The number of aromatic nitrogens is 1. The summed E-state index contributed by atoms with van der Waals surface area (Å²) in [6.45, 7) is 0. The number of nitrogens with zero attached hydrogens (tertiary/aromatic N) is 2. The van der Waals surface area contributed by atoms with Crippen molar-refractivity contribution >= 4 is 103 Å². The number of fused-ring (bicyclic) bond motifs is 10. The van der Waals surface area contributed by atoms with Crippen molar-refractivity contribution < 1.29 is 8.83 Å². The molecule has 0 atom stereocenters. The van der Waals surface area contributed by atoms with Crippen molar-refractivity contribution in [1.82, 2.24) is 4.98 Å². The molecule has 0 bridgehead atoms. The molecule has 44 heavy (non-hydrogen) atoms. The molecule has 0 unspecified atom stereocenters. The summed E-state index contributed by atoms with van der Waals surface area (Å²) in [5.41, 5.74) is 6.61. The quantitative estimate of drug-likeness (QED) is 0.208. The van der Waals surface area contributed by atoms with Crippen LogP contribution in [0.3, 0.4) is 0 Å². The number of anilines is 3. The van der Waals surface area contributed by atoms with Gasteiger partial charge in [0.25, 0.3) is 0 Å². The van der Waals surface area contributed by atoms with E-state index in [0.29, 0.717) is 0 Å². The summed E-state index contributed by atoms with van der Waals surface area (Å²) >= 11 is 1.74. The topological polar surface area (TPSA) is 42.4 Å². The lowest BCUT2D eigenvalue weighted by molar-refractivity contribution is 0.668. The lowest BCUT2D eigenvalue weighted by Gasteiger charge is -2.26. The molecule has 0 fully saturated rings. The standard InChI is InChI=1S/C39H22N2O2S/c1-2-8-24-20-37-31(19-23(24)7-1)38-32(17-18-40-39(38)44-37)41(25-14-16-35-30(21-25)28-10-4-6-12-34(28)42-35)26-13-15-29-27-9-3-5-11-33(27)43-36(29)22-26/h1-22H. The Balaban J connectivity index is 1.29. The van der Waals surface area contributed by atoms with Crippen molar-refractivity contribution in [1.29, 1.82) is 0 Å². The molecule has 0 spiro atoms. The van der Waals surface area contributed by atoms with Gasteiger partial charge in [0.05, 0.1) is 5.69 Å². The van der Waals surface area contributed by atoms with Crippen LogP contribution in [-0.4, -0.2) is 4.98 Å². The fourth-order valence-corrected chi connectivity index (χ4v) is 7.78. The molecule has 0 amide bonds. The van der Waals surface area contributed by atoms with Gasteiger partial charge in [0.1, 0.15) is 27.2 Å². The van der Waals surface area contributed by atoms with Gasteiger partial charge in [-0.2, -0.15) is 0 Å². The van der Waals surface area contributed by atoms with E-state index in [4.69, 9.17) is 13.8 Å². The van der Waals surface area contributed by atoms with Crippen LogP contribution in [0.2, 0.25) is 0 Å². The van der Waals surface area contributed by atoms with Crippen LogP contribution in [-0.2, 0) is 0 Å². The fraction of sp³-hybridized carbons (Fsp3) is 0. The van der Waals surface area contributed by atoms with Gasteiger partial charge in [0.15, 0.2) is 0 Å². The Kier molecular flexibility index (Phi) is 4.84. The lowest BCUT2D eigenvalue weighted by Crippen LogP contribution is -2.10. The van der Waals surface area contributed by atoms with Gasteiger partial charge in [-0.15, -0.1) is 11.3 Å². The highest BCUT2D eigenvalue weighted by molar-refractivity contribution is 7.25. The highest BCUT2D eigenvalue weighted by Gasteiger charge is 2.22. The number of para-hydroxylation sites is 2. The Morgan fingerprint density at radius 2 is 1.14 bits per heavy atom. The van der Waals surface area contributed by atoms with Crippen molar-refractivity contribution in [3.63, 3.8) is 0 Å². The average molecular weight is 583 g/mol. The van der Waals surface area contributed by atoms with Crippen molar-refractivity contribution in [2.75, 3.05) is 4.90 Å². The zero-order valence-electron chi connectivity index (χ0n) is 23.3. The Bertz CT molecular complexity index is 2750. The summed E-state index contributed by atoms with van der Waals surface area (Å²) in [6.07, 6.45) is 1.92. The summed E-state index contributed by atoms with van der Waals surface area (Å²) in [4.78, 5) is 8.20. The Morgan fingerprint density at radius 3 is 1.98 bits per heavy atom. The Morgan fingerprint density at radius 1 is 0.500 bits per heavy atom. The van der Waals surface area contributed by atoms with Crippen molar-refractivity contribution in [3.05, 3.63) is 134 Å². The van der Waals surface area contributed by atoms with E-state index < -0.39 is 0 Å². The maximum absolute atomic E-state index is 6.37. The smallest absolute Gasteiger partial charge is 0.137 e. The van der Waals surface area contributed by atoms with Crippen molar-refractivity contribution in [2.24, 2.45) is 0 Å². The molecule has 0 saturated carbocycles. The summed E-state index contributed by atoms with van der Waals surface area (Å²) in [5, 5.41) is 9.20. The highest BCUT2D eigenvalue weighted by atomic mass is 32.1. The molecule has 0 N–H and O–H groups in total. The number of benzene rings is 6. The van der Waals surface area contributed by atoms with Gasteiger partial charge in [0.2, 0.25) is 0 Å². The Labute approximate surface area is 255 Å². The molecule has 6 aromatic carbocycles. The number of rotatable bonds is 3. The minimum absolute atomic E-state index is 0.856. The first-order valence-corrected chi connectivity index (χ1v) is 15.4. The van der Waals surface area contributed by atoms with E-state index in [1.165, 1.54) is 20.9 Å². The second-order valence-corrected chi connectivity index (χ2v) is 12.2. The molecular weight excluding hydrogens is 561 g/mol. The number of pyridine rings is 1. The zero-order chi connectivity index (χ0) is 28.8. The monoisotopic (exact) mass is 582 g/mol. The van der Waals surface area contributed by atoms with Crippen LogP contribution in [0, 0.1) is 0 Å². The molecule has 4 heterocycles. The average Bonchev–Trinajstić information content (AvgIpc) is 3.74. The van der Waals surface area contributed by atoms with E-state index >= 15 is 0 Å². The van der Waals surface area contributed by atoms with Gasteiger partial charge < -0.3 is 13.7 Å². The normalized spacial score (nSPS) is 12.1. The minimum atomic E-state index is 0.856. The first-order chi connectivity index (χ1) is 21.8. The number of thiophene rings is 1. The number of hydrogen-bond acceptors (Lipinski definition) is 5. The molecule has 0 radical (unpaired) electrons. The van der Waals surface area contributed by atoms with Crippen LogP contribution in [0.15, 0.2) is 142 Å². The van der Waals surface area contributed by atoms with E-state index in [9.17, 15) is 0 Å². The first-order valence-electron chi connectivity index (χ1n) is 14.6. The third-order valence-electron chi connectivity index (χ3n) is 8.70. The third kappa shape index (κ3) is 3.41. The number of hydrogen-bond donors (Lipinski definition) is 0. The second-order valence-electron chi connectivity index (χ2n) is 11.2. The molecule has 10 aromatic rings. The minimum Gasteiger partial charge on any atom is -0.456 e. The van der Waals surface area contributed by atoms with Crippen LogP contribution in [0.1, 0.15) is 0 Å². The van der Waals surface area contributed by atoms with Crippen molar-refractivity contribution in [3.8, 4) is 0 Å². The predicted octanol–water partition coefficient (Wildman–Crippen LogP) is 11.9. The summed E-state index contributed by atoms with van der Waals surface area (Å²) in [5.74, 6) is 0. The van der Waals surface area contributed by atoms with E-state index in [0.717, 1.165) is 71.2 Å². The molecule has 0 aliphatic heterocycles. The molecule has 0 aliphatic carbocycles. The van der Waals surface area contributed by atoms with Crippen LogP contribution in [0.5, 0.6) is 0 Å². The van der Waals surface area contributed by atoms with Gasteiger partial charge in [-0.3, -0.25) is 0 Å². The zero-order valence-corrected chi connectivity index (χ0v) is 24.1. The van der Waals surface area contributed by atoms with Gasteiger partial charge in [-0.1, -0.05) is 60.7 Å². The van der Waals surface area contributed by atoms with Gasteiger partial charge in [-0.25, -0.2) is 4.98 Å². The van der Waals surface area contributed by atoms with Gasteiger partial charge in [0, 0.05) is 60.7 Å². The summed E-state index contributed by atoms with van der Waals surface area (Å²) in [7, 11) is 0. The van der Waals surface area contributed by atoms with Crippen LogP contribution in [0.25, 0.3) is 75.0 Å². The predicted molar refractivity (Wildman–Crippen MR) is 184 cm³/mol. The maximum atomic E-state index is 6.37. The van der Waals surface area contributed by atoms with Crippen LogP contribution < -0.4 is 4.90 Å². The van der Waals surface area contributed by atoms with Crippen LogP contribution in [0.4, 0.5) is 17.1 Å². The molecular formula is C39H22N2O2S. The molecule has 0 saturated heterocycles. The fourth-order valence-electron chi connectivity index (χ4n) is 6.69. The van der Waals surface area contributed by atoms with E-state index in [2.05, 4.69) is 108 Å². The first kappa shape index (κ1) is 23.9. The van der Waals surface area contributed by atoms with E-state index in [-0.39, 0.29) is 0 Å². The Hall–Kier alpha value is -5.65. The molecule has 10 rings (SSSR count). The molecule has 4 nitrogen and oxygen atoms in total. The van der Waals surface area contributed by atoms with Gasteiger partial charge >= 0.3 is 0 Å². The SMILES string of the molecule is c1ccc2cc3c(cc2c1)sc1nccc(N(c2ccc4c(c2)oc2ccccc24)c2ccc4oc5ccccc5c4c2)c13. The molecule has 5 heteroatoms. The maximum Gasteiger partial charge on any atom is 0.137 e. The highest BCUT2D eigenvalue weighted by Crippen LogP contribution is 2.46. The van der Waals surface area contributed by atoms with Crippen LogP contribution >= 0.6 is 11.3 Å². The lowest BCUT2D eigenvalue weighted by atomic mass is 10.0. The summed E-state index contributed by atoms with van der Waals surface area (Å²) < 4.78 is 13.8.